The average Bonchev–Trinajstić information content (AvgIpc) is 3.14. The number of ether oxygens (including phenoxy) is 2. The second-order valence-electron chi connectivity index (χ2n) is 5.35. The highest BCUT2D eigenvalue weighted by atomic mass is 16.5. The molecule has 6 nitrogen and oxygen atoms in total. The zero-order chi connectivity index (χ0) is 14.1. The lowest BCUT2D eigenvalue weighted by molar-refractivity contribution is 0.0246. The molecule has 1 saturated heterocycles. The summed E-state index contributed by atoms with van der Waals surface area (Å²) < 4.78 is 16.7. The minimum atomic E-state index is 0.0594. The maximum atomic E-state index is 5.67. The number of rotatable bonds is 3. The van der Waals surface area contributed by atoms with E-state index in [-0.39, 0.29) is 12.0 Å². The van der Waals surface area contributed by atoms with Crippen molar-refractivity contribution in [3.05, 3.63) is 41.5 Å². The van der Waals surface area contributed by atoms with Gasteiger partial charge in [0.1, 0.15) is 12.4 Å². The Labute approximate surface area is 122 Å². The van der Waals surface area contributed by atoms with Crippen molar-refractivity contribution >= 4 is 0 Å². The van der Waals surface area contributed by atoms with Gasteiger partial charge in [0.15, 0.2) is 5.82 Å². The molecule has 0 saturated carbocycles. The zero-order valence-electron chi connectivity index (χ0n) is 11.6. The molecule has 2 aliphatic heterocycles. The molecule has 0 amide bonds. The van der Waals surface area contributed by atoms with Gasteiger partial charge in [-0.2, -0.15) is 4.98 Å². The summed E-state index contributed by atoms with van der Waals surface area (Å²) in [4.78, 5) is 4.52. The lowest BCUT2D eigenvalue weighted by Gasteiger charge is -2.21. The first-order valence-corrected chi connectivity index (χ1v) is 7.26. The number of benzene rings is 1. The number of hydrogen-bond acceptors (Lipinski definition) is 6. The van der Waals surface area contributed by atoms with E-state index in [4.69, 9.17) is 14.0 Å². The number of aromatic nitrogens is 2. The van der Waals surface area contributed by atoms with E-state index in [1.165, 1.54) is 0 Å². The van der Waals surface area contributed by atoms with Crippen molar-refractivity contribution in [1.82, 2.24) is 15.5 Å². The van der Waals surface area contributed by atoms with Gasteiger partial charge in [0.2, 0.25) is 5.89 Å². The van der Waals surface area contributed by atoms with Gasteiger partial charge in [-0.1, -0.05) is 23.4 Å². The average molecular weight is 287 g/mol. The van der Waals surface area contributed by atoms with Crippen LogP contribution in [-0.2, 0) is 11.2 Å². The minimum absolute atomic E-state index is 0.0594. The first-order chi connectivity index (χ1) is 10.4. The van der Waals surface area contributed by atoms with Crippen LogP contribution >= 0.6 is 0 Å². The molecule has 0 radical (unpaired) electrons. The Hall–Kier alpha value is -1.92. The normalized spacial score (nSPS) is 24.6. The van der Waals surface area contributed by atoms with Gasteiger partial charge in [-0.15, -0.1) is 0 Å². The third-order valence-corrected chi connectivity index (χ3v) is 3.90. The number of nitrogens with zero attached hydrogens (tertiary/aromatic N) is 2. The van der Waals surface area contributed by atoms with Gasteiger partial charge < -0.3 is 19.3 Å². The summed E-state index contributed by atoms with van der Waals surface area (Å²) in [6.45, 7) is 3.03. The van der Waals surface area contributed by atoms with Crippen LogP contribution in [0.2, 0.25) is 0 Å². The van der Waals surface area contributed by atoms with Crippen molar-refractivity contribution in [2.24, 2.45) is 0 Å². The third-order valence-electron chi connectivity index (χ3n) is 3.90. The second kappa shape index (κ2) is 5.46. The van der Waals surface area contributed by atoms with Crippen LogP contribution in [0.25, 0.3) is 0 Å². The fourth-order valence-corrected chi connectivity index (χ4v) is 2.81. The molecule has 2 atom stereocenters. The molecule has 0 spiro atoms. The summed E-state index contributed by atoms with van der Waals surface area (Å²) in [6, 6.07) is 7.99. The summed E-state index contributed by atoms with van der Waals surface area (Å²) in [5.74, 6) is 2.29. The van der Waals surface area contributed by atoms with Crippen LogP contribution in [0.15, 0.2) is 28.8 Å². The molecule has 1 aromatic carbocycles. The molecule has 2 aromatic rings. The van der Waals surface area contributed by atoms with Crippen LogP contribution in [0.3, 0.4) is 0 Å². The summed E-state index contributed by atoms with van der Waals surface area (Å²) in [5.41, 5.74) is 1.13. The van der Waals surface area contributed by atoms with E-state index >= 15 is 0 Å². The molecule has 110 valence electrons. The van der Waals surface area contributed by atoms with E-state index < -0.39 is 0 Å². The molecule has 2 unspecified atom stereocenters. The first-order valence-electron chi connectivity index (χ1n) is 7.26. The van der Waals surface area contributed by atoms with Crippen molar-refractivity contribution in [3.63, 3.8) is 0 Å². The van der Waals surface area contributed by atoms with Crippen molar-refractivity contribution in [1.29, 1.82) is 0 Å². The Morgan fingerprint density at radius 1 is 1.29 bits per heavy atom. The number of fused-ring (bicyclic) bond motifs is 1. The fraction of sp³-hybridized carbons (Fsp3) is 0.467. The van der Waals surface area contributed by atoms with Gasteiger partial charge in [0.05, 0.1) is 25.0 Å². The molecule has 0 aliphatic carbocycles. The van der Waals surface area contributed by atoms with Gasteiger partial charge in [0.25, 0.3) is 0 Å². The van der Waals surface area contributed by atoms with Crippen molar-refractivity contribution in [3.8, 4) is 5.75 Å². The van der Waals surface area contributed by atoms with E-state index in [1.807, 2.05) is 18.2 Å². The van der Waals surface area contributed by atoms with Crippen LogP contribution in [-0.4, -0.2) is 42.5 Å². The van der Waals surface area contributed by atoms with Crippen LogP contribution in [0.4, 0.5) is 0 Å². The molecule has 4 rings (SSSR count). The number of morpholine rings is 1. The Bertz CT molecular complexity index is 622. The molecule has 1 aromatic heterocycles. The summed E-state index contributed by atoms with van der Waals surface area (Å²) >= 11 is 0. The van der Waals surface area contributed by atoms with E-state index in [0.29, 0.717) is 24.7 Å². The SMILES string of the molecule is c1ccc2c(c1)OCC2c1noc(CC2CNCCO2)n1. The highest BCUT2D eigenvalue weighted by Gasteiger charge is 2.29. The number of nitrogens with one attached hydrogen (secondary N) is 1. The van der Waals surface area contributed by atoms with Gasteiger partial charge >= 0.3 is 0 Å². The van der Waals surface area contributed by atoms with E-state index in [0.717, 1.165) is 31.0 Å². The van der Waals surface area contributed by atoms with Crippen LogP contribution in [0.5, 0.6) is 5.75 Å². The summed E-state index contributed by atoms with van der Waals surface area (Å²) in [6.07, 6.45) is 0.758. The molecular weight excluding hydrogens is 270 g/mol. The highest BCUT2D eigenvalue weighted by molar-refractivity contribution is 5.42. The number of hydrogen-bond donors (Lipinski definition) is 1. The van der Waals surface area contributed by atoms with E-state index in [2.05, 4.69) is 21.5 Å². The standard InChI is InChI=1S/C15H17N3O3/c1-2-4-13-11(3-1)12(9-20-13)15-17-14(21-18-15)7-10-8-16-5-6-19-10/h1-4,10,12,16H,5-9H2. The summed E-state index contributed by atoms with van der Waals surface area (Å²) in [7, 11) is 0. The lowest BCUT2D eigenvalue weighted by atomic mass is 10.0. The molecule has 2 aliphatic rings. The maximum Gasteiger partial charge on any atom is 0.229 e. The fourth-order valence-electron chi connectivity index (χ4n) is 2.81. The lowest BCUT2D eigenvalue weighted by Crippen LogP contribution is -2.39. The molecule has 1 fully saturated rings. The third kappa shape index (κ3) is 2.52. The largest absolute Gasteiger partial charge is 0.492 e. The molecule has 0 bridgehead atoms. The Morgan fingerprint density at radius 2 is 2.24 bits per heavy atom. The van der Waals surface area contributed by atoms with Crippen molar-refractivity contribution < 1.29 is 14.0 Å². The van der Waals surface area contributed by atoms with Crippen molar-refractivity contribution in [2.75, 3.05) is 26.3 Å². The van der Waals surface area contributed by atoms with Crippen LogP contribution < -0.4 is 10.1 Å². The predicted octanol–water partition coefficient (Wildman–Crippen LogP) is 1.12. The van der Waals surface area contributed by atoms with E-state index in [1.54, 1.807) is 0 Å². The monoisotopic (exact) mass is 287 g/mol. The quantitative estimate of drug-likeness (QED) is 0.912. The molecular formula is C15H17N3O3. The topological polar surface area (TPSA) is 69.4 Å². The van der Waals surface area contributed by atoms with Gasteiger partial charge in [-0.25, -0.2) is 0 Å². The Morgan fingerprint density at radius 3 is 3.14 bits per heavy atom. The molecule has 3 heterocycles. The molecule has 6 heteroatoms. The van der Waals surface area contributed by atoms with Crippen LogP contribution in [0, 0.1) is 0 Å². The first kappa shape index (κ1) is 12.8. The van der Waals surface area contributed by atoms with Crippen LogP contribution in [0.1, 0.15) is 23.2 Å². The number of para-hydroxylation sites is 1. The van der Waals surface area contributed by atoms with E-state index in [9.17, 15) is 0 Å². The smallest absolute Gasteiger partial charge is 0.229 e. The molecule has 1 N–H and O–H groups in total. The zero-order valence-corrected chi connectivity index (χ0v) is 11.6. The predicted molar refractivity (Wildman–Crippen MR) is 74.4 cm³/mol. The Kier molecular flexibility index (Phi) is 3.33. The summed E-state index contributed by atoms with van der Waals surface area (Å²) in [5, 5.41) is 7.42. The second-order valence-corrected chi connectivity index (χ2v) is 5.35. The molecule has 21 heavy (non-hydrogen) atoms. The minimum Gasteiger partial charge on any atom is -0.492 e. The van der Waals surface area contributed by atoms with Gasteiger partial charge in [-0.3, -0.25) is 0 Å². The van der Waals surface area contributed by atoms with Gasteiger partial charge in [-0.05, 0) is 6.07 Å². The van der Waals surface area contributed by atoms with Gasteiger partial charge in [0, 0.05) is 18.7 Å². The highest BCUT2D eigenvalue weighted by Crippen LogP contribution is 2.36. The maximum absolute atomic E-state index is 5.67. The Balaban J connectivity index is 1.50. The van der Waals surface area contributed by atoms with Crippen molar-refractivity contribution in [2.45, 2.75) is 18.4 Å².